The molecule has 1 aromatic heterocycles. The van der Waals surface area contributed by atoms with Crippen molar-refractivity contribution in [3.8, 4) is 0 Å². The molecule has 1 heterocycles. The smallest absolute Gasteiger partial charge is 0.224 e. The minimum atomic E-state index is 0.0412. The van der Waals surface area contributed by atoms with Crippen LogP contribution in [0.1, 0.15) is 117 Å². The summed E-state index contributed by atoms with van der Waals surface area (Å²) in [6.45, 7) is 4.45. The fourth-order valence-corrected chi connectivity index (χ4v) is 4.11. The number of amides is 2. The molecule has 0 bridgehead atoms. The van der Waals surface area contributed by atoms with E-state index in [9.17, 15) is 9.59 Å². The number of carbonyl (C=O) groups excluding carboxylic acids is 2. The molecule has 0 atom stereocenters. The van der Waals surface area contributed by atoms with Gasteiger partial charge in [-0.3, -0.25) is 9.59 Å². The van der Waals surface area contributed by atoms with Gasteiger partial charge in [0.1, 0.15) is 0 Å². The van der Waals surface area contributed by atoms with Crippen molar-refractivity contribution in [2.75, 3.05) is 10.6 Å². The van der Waals surface area contributed by atoms with Crippen LogP contribution in [0.5, 0.6) is 0 Å². The fraction of sp³-hybridized carbons (Fsp3) is 0.750. The van der Waals surface area contributed by atoms with Crippen molar-refractivity contribution < 1.29 is 9.59 Å². The summed E-state index contributed by atoms with van der Waals surface area (Å²) in [6.07, 6.45) is 17.9. The van der Waals surface area contributed by atoms with Crippen LogP contribution in [0.25, 0.3) is 0 Å². The van der Waals surface area contributed by atoms with Crippen LogP contribution < -0.4 is 10.6 Å². The van der Waals surface area contributed by atoms with Crippen LogP contribution in [-0.2, 0) is 9.59 Å². The quantitative estimate of drug-likeness (QED) is 0.236. The lowest BCUT2D eigenvalue weighted by Gasteiger charge is -2.09. The Morgan fingerprint density at radius 2 is 0.966 bits per heavy atom. The number of hydrogen-bond acceptors (Lipinski definition) is 3. The minimum absolute atomic E-state index is 0.0412. The first-order chi connectivity index (χ1) is 14.2. The van der Waals surface area contributed by atoms with Crippen molar-refractivity contribution in [1.82, 2.24) is 0 Å². The third-order valence-corrected chi connectivity index (χ3v) is 5.97. The van der Waals surface area contributed by atoms with Gasteiger partial charge in [-0.25, -0.2) is 0 Å². The molecule has 0 aliphatic rings. The van der Waals surface area contributed by atoms with E-state index >= 15 is 0 Å². The molecule has 0 aromatic carbocycles. The Morgan fingerprint density at radius 1 is 0.621 bits per heavy atom. The average molecular weight is 423 g/mol. The third-order valence-electron chi connectivity index (χ3n) is 5.22. The van der Waals surface area contributed by atoms with E-state index < -0.39 is 0 Å². The van der Waals surface area contributed by atoms with E-state index in [4.69, 9.17) is 0 Å². The molecule has 1 rings (SSSR count). The van der Waals surface area contributed by atoms with E-state index in [1.54, 1.807) is 0 Å². The second-order valence-corrected chi connectivity index (χ2v) is 8.78. The number of unbranched alkanes of at least 4 members (excludes halogenated alkanes) is 12. The molecular formula is C24H42N2O2S. The van der Waals surface area contributed by atoms with Crippen molar-refractivity contribution in [3.63, 3.8) is 0 Å². The number of nitrogens with one attached hydrogen (secondary N) is 2. The maximum atomic E-state index is 12.2. The van der Waals surface area contributed by atoms with Crippen LogP contribution in [0.2, 0.25) is 0 Å². The molecule has 166 valence electrons. The van der Waals surface area contributed by atoms with E-state index in [1.807, 2.05) is 10.8 Å². The van der Waals surface area contributed by atoms with E-state index in [1.165, 1.54) is 75.5 Å². The molecule has 0 radical (unpaired) electrons. The average Bonchev–Trinajstić information content (AvgIpc) is 3.13. The maximum Gasteiger partial charge on any atom is 0.224 e. The van der Waals surface area contributed by atoms with Crippen molar-refractivity contribution in [2.45, 2.75) is 117 Å². The number of hydrogen-bond donors (Lipinski definition) is 2. The first-order valence-corrected chi connectivity index (χ1v) is 12.8. The van der Waals surface area contributed by atoms with Gasteiger partial charge in [0, 0.05) is 23.6 Å². The Balaban J connectivity index is 2.17. The molecule has 1 aromatic rings. The Hall–Kier alpha value is -1.36. The molecule has 0 fully saturated rings. The van der Waals surface area contributed by atoms with Crippen LogP contribution in [0.15, 0.2) is 10.8 Å². The van der Waals surface area contributed by atoms with Crippen molar-refractivity contribution in [2.24, 2.45) is 0 Å². The summed E-state index contributed by atoms with van der Waals surface area (Å²) in [7, 11) is 0. The molecule has 5 heteroatoms. The molecular weight excluding hydrogens is 380 g/mol. The lowest BCUT2D eigenvalue weighted by molar-refractivity contribution is -0.117. The fourth-order valence-electron chi connectivity index (χ4n) is 3.40. The van der Waals surface area contributed by atoms with Crippen molar-refractivity contribution >= 4 is 34.5 Å². The van der Waals surface area contributed by atoms with Crippen LogP contribution in [0, 0.1) is 0 Å². The second-order valence-electron chi connectivity index (χ2n) is 8.04. The van der Waals surface area contributed by atoms with Gasteiger partial charge in [0.25, 0.3) is 0 Å². The highest BCUT2D eigenvalue weighted by molar-refractivity contribution is 7.09. The number of rotatable bonds is 18. The van der Waals surface area contributed by atoms with Gasteiger partial charge in [0.15, 0.2) is 0 Å². The number of carbonyl (C=O) groups is 2. The predicted molar refractivity (Wildman–Crippen MR) is 127 cm³/mol. The standard InChI is InChI=1S/C24H42N2O2S/c1-3-5-7-9-11-13-15-17-23(27)25-21-19-29-20-22(21)26-24(28)18-16-14-12-10-8-6-4-2/h19-20H,3-18H2,1-2H3,(H,25,27)(H,26,28). The van der Waals surface area contributed by atoms with Gasteiger partial charge in [-0.1, -0.05) is 90.9 Å². The van der Waals surface area contributed by atoms with E-state index in [-0.39, 0.29) is 11.8 Å². The summed E-state index contributed by atoms with van der Waals surface area (Å²) in [5.41, 5.74) is 1.46. The monoisotopic (exact) mass is 422 g/mol. The summed E-state index contributed by atoms with van der Waals surface area (Å²) in [5, 5.41) is 9.71. The maximum absolute atomic E-state index is 12.2. The molecule has 0 spiro atoms. The highest BCUT2D eigenvalue weighted by Gasteiger charge is 2.11. The molecule has 0 saturated carbocycles. The number of anilines is 2. The number of thiophene rings is 1. The second kappa shape index (κ2) is 17.5. The minimum Gasteiger partial charge on any atom is -0.324 e. The summed E-state index contributed by atoms with van der Waals surface area (Å²) >= 11 is 1.50. The molecule has 0 aliphatic heterocycles. The molecule has 0 saturated heterocycles. The zero-order valence-electron chi connectivity index (χ0n) is 18.7. The zero-order chi connectivity index (χ0) is 21.2. The molecule has 29 heavy (non-hydrogen) atoms. The summed E-state index contributed by atoms with van der Waals surface area (Å²) < 4.78 is 0. The highest BCUT2D eigenvalue weighted by atomic mass is 32.1. The Morgan fingerprint density at radius 3 is 1.34 bits per heavy atom. The third kappa shape index (κ3) is 13.5. The summed E-state index contributed by atoms with van der Waals surface area (Å²) in [5.74, 6) is 0.0825. The summed E-state index contributed by atoms with van der Waals surface area (Å²) in [6, 6.07) is 0. The van der Waals surface area contributed by atoms with E-state index in [0.29, 0.717) is 12.8 Å². The Bertz CT molecular complexity index is 510. The van der Waals surface area contributed by atoms with Gasteiger partial charge in [-0.15, -0.1) is 11.3 Å². The van der Waals surface area contributed by atoms with E-state index in [2.05, 4.69) is 24.5 Å². The largest absolute Gasteiger partial charge is 0.324 e. The predicted octanol–water partition coefficient (Wildman–Crippen LogP) is 7.91. The first kappa shape index (κ1) is 25.7. The van der Waals surface area contributed by atoms with Crippen LogP contribution >= 0.6 is 11.3 Å². The highest BCUT2D eigenvalue weighted by Crippen LogP contribution is 2.27. The van der Waals surface area contributed by atoms with Crippen LogP contribution in [0.4, 0.5) is 11.4 Å². The van der Waals surface area contributed by atoms with Gasteiger partial charge in [0.05, 0.1) is 11.4 Å². The van der Waals surface area contributed by atoms with Crippen molar-refractivity contribution in [1.29, 1.82) is 0 Å². The summed E-state index contributed by atoms with van der Waals surface area (Å²) in [4.78, 5) is 24.4. The molecule has 0 unspecified atom stereocenters. The lowest BCUT2D eigenvalue weighted by atomic mass is 10.1. The zero-order valence-corrected chi connectivity index (χ0v) is 19.5. The molecule has 2 amide bonds. The van der Waals surface area contributed by atoms with Gasteiger partial charge in [0.2, 0.25) is 11.8 Å². The lowest BCUT2D eigenvalue weighted by Crippen LogP contribution is -2.15. The van der Waals surface area contributed by atoms with Gasteiger partial charge < -0.3 is 10.6 Å². The molecule has 2 N–H and O–H groups in total. The van der Waals surface area contributed by atoms with Crippen LogP contribution in [-0.4, -0.2) is 11.8 Å². The Kier molecular flexibility index (Phi) is 15.5. The Labute approximate surface area is 182 Å². The van der Waals surface area contributed by atoms with Gasteiger partial charge in [-0.05, 0) is 12.8 Å². The molecule has 0 aliphatic carbocycles. The first-order valence-electron chi connectivity index (χ1n) is 11.8. The SMILES string of the molecule is CCCCCCCCCC(=O)Nc1cscc1NC(=O)CCCCCCCCC. The van der Waals surface area contributed by atoms with E-state index in [0.717, 1.165) is 37.1 Å². The topological polar surface area (TPSA) is 58.2 Å². The van der Waals surface area contributed by atoms with Gasteiger partial charge in [-0.2, -0.15) is 0 Å². The molecule has 4 nitrogen and oxygen atoms in total. The van der Waals surface area contributed by atoms with Crippen molar-refractivity contribution in [3.05, 3.63) is 10.8 Å². The van der Waals surface area contributed by atoms with Crippen LogP contribution in [0.3, 0.4) is 0 Å². The normalized spacial score (nSPS) is 10.8. The van der Waals surface area contributed by atoms with Gasteiger partial charge >= 0.3 is 0 Å².